The van der Waals surface area contributed by atoms with Crippen LogP contribution in [0, 0.1) is 6.92 Å². The molecule has 0 saturated carbocycles. The number of carbonyl (C=O) groups is 2. The van der Waals surface area contributed by atoms with Crippen molar-refractivity contribution in [2.75, 3.05) is 5.32 Å². The summed E-state index contributed by atoms with van der Waals surface area (Å²) in [6.07, 6.45) is 3.07. The molecular formula is C30H30N4O4. The number of carboxylic acid groups (broad SMARTS) is 1. The fourth-order valence-corrected chi connectivity index (χ4v) is 4.10. The minimum atomic E-state index is -1.07. The van der Waals surface area contributed by atoms with Gasteiger partial charge in [0.15, 0.2) is 0 Å². The maximum atomic E-state index is 13.0. The average Bonchev–Trinajstić information content (AvgIpc) is 2.87. The number of nitrogens with zero attached hydrogens (tertiary/aromatic N) is 3. The van der Waals surface area contributed by atoms with Crippen molar-refractivity contribution in [3.63, 3.8) is 0 Å². The summed E-state index contributed by atoms with van der Waals surface area (Å²) < 4.78 is 1.46. The van der Waals surface area contributed by atoms with Gasteiger partial charge in [0, 0.05) is 48.4 Å². The van der Waals surface area contributed by atoms with Gasteiger partial charge in [-0.05, 0) is 53.8 Å². The highest BCUT2D eigenvalue weighted by Gasteiger charge is 2.17. The molecule has 0 fully saturated rings. The first-order valence-corrected chi connectivity index (χ1v) is 12.2. The van der Waals surface area contributed by atoms with Gasteiger partial charge in [0.2, 0.25) is 0 Å². The SMILES string of the molecule is Cc1c(NC(=O)c2ccc(C(C)(C)C)cc2)cccc1-c1cn(C)c(=O)c(Cc2ccc(C(=O)O)cn2)n1. The fraction of sp³-hybridized carbons (Fsp3) is 0.233. The quantitative estimate of drug-likeness (QED) is 0.378. The van der Waals surface area contributed by atoms with Crippen LogP contribution in [0.2, 0.25) is 0 Å². The lowest BCUT2D eigenvalue weighted by molar-refractivity contribution is 0.0696. The number of carboxylic acids is 1. The number of benzene rings is 2. The Labute approximate surface area is 221 Å². The Balaban J connectivity index is 1.62. The van der Waals surface area contributed by atoms with Crippen LogP contribution >= 0.6 is 0 Å². The summed E-state index contributed by atoms with van der Waals surface area (Å²) >= 11 is 0. The van der Waals surface area contributed by atoms with Crippen molar-refractivity contribution in [3.05, 3.63) is 111 Å². The topological polar surface area (TPSA) is 114 Å². The molecule has 4 aromatic rings. The van der Waals surface area contributed by atoms with Crippen LogP contribution in [-0.2, 0) is 18.9 Å². The zero-order valence-electron chi connectivity index (χ0n) is 22.1. The molecular weight excluding hydrogens is 480 g/mol. The van der Waals surface area contributed by atoms with Gasteiger partial charge >= 0.3 is 5.97 Å². The molecule has 0 aliphatic carbocycles. The number of aryl methyl sites for hydroxylation is 1. The second-order valence-corrected chi connectivity index (χ2v) is 10.3. The molecule has 0 spiro atoms. The number of amides is 1. The third-order valence-corrected chi connectivity index (χ3v) is 6.43. The zero-order chi connectivity index (χ0) is 27.6. The Kier molecular flexibility index (Phi) is 7.26. The van der Waals surface area contributed by atoms with Crippen LogP contribution in [-0.4, -0.2) is 31.5 Å². The normalized spacial score (nSPS) is 11.3. The molecule has 2 heterocycles. The molecule has 38 heavy (non-hydrogen) atoms. The Morgan fingerprint density at radius 3 is 2.29 bits per heavy atom. The van der Waals surface area contributed by atoms with Crippen molar-refractivity contribution < 1.29 is 14.7 Å². The summed E-state index contributed by atoms with van der Waals surface area (Å²) in [6, 6.07) is 16.2. The molecule has 8 heteroatoms. The second kappa shape index (κ2) is 10.4. The molecule has 194 valence electrons. The van der Waals surface area contributed by atoms with Crippen LogP contribution in [0.5, 0.6) is 0 Å². The third-order valence-electron chi connectivity index (χ3n) is 6.43. The van der Waals surface area contributed by atoms with E-state index in [9.17, 15) is 14.4 Å². The van der Waals surface area contributed by atoms with Gasteiger partial charge in [0.05, 0.1) is 11.3 Å². The summed E-state index contributed by atoms with van der Waals surface area (Å²) in [4.78, 5) is 45.7. The first-order valence-electron chi connectivity index (χ1n) is 12.2. The van der Waals surface area contributed by atoms with E-state index in [4.69, 9.17) is 5.11 Å². The van der Waals surface area contributed by atoms with E-state index in [0.29, 0.717) is 22.6 Å². The van der Waals surface area contributed by atoms with Crippen molar-refractivity contribution in [1.29, 1.82) is 0 Å². The number of carbonyl (C=O) groups excluding carboxylic acids is 1. The Morgan fingerprint density at radius 2 is 1.68 bits per heavy atom. The lowest BCUT2D eigenvalue weighted by atomic mass is 9.86. The Hall–Kier alpha value is -4.59. The van der Waals surface area contributed by atoms with Crippen LogP contribution < -0.4 is 10.9 Å². The summed E-state index contributed by atoms with van der Waals surface area (Å²) in [6.45, 7) is 8.27. The van der Waals surface area contributed by atoms with E-state index in [0.717, 1.165) is 16.7 Å². The van der Waals surface area contributed by atoms with Gasteiger partial charge in [-0.1, -0.05) is 45.0 Å². The predicted octanol–water partition coefficient (Wildman–Crippen LogP) is 4.99. The Bertz CT molecular complexity index is 1560. The number of anilines is 1. The summed E-state index contributed by atoms with van der Waals surface area (Å²) in [5.41, 5.74) is 5.15. The minimum Gasteiger partial charge on any atom is -0.478 e. The first kappa shape index (κ1) is 26.5. The van der Waals surface area contributed by atoms with Crippen LogP contribution in [0.3, 0.4) is 0 Å². The summed E-state index contributed by atoms with van der Waals surface area (Å²) in [5, 5.41) is 12.1. The van der Waals surface area contributed by atoms with Gasteiger partial charge < -0.3 is 15.0 Å². The predicted molar refractivity (Wildman–Crippen MR) is 147 cm³/mol. The van der Waals surface area contributed by atoms with Crippen molar-refractivity contribution in [2.24, 2.45) is 7.05 Å². The lowest BCUT2D eigenvalue weighted by Gasteiger charge is -2.19. The Morgan fingerprint density at radius 1 is 1.00 bits per heavy atom. The fourth-order valence-electron chi connectivity index (χ4n) is 4.10. The van der Waals surface area contributed by atoms with Crippen molar-refractivity contribution in [2.45, 2.75) is 39.5 Å². The highest BCUT2D eigenvalue weighted by Crippen LogP contribution is 2.28. The number of aromatic carboxylic acids is 1. The molecule has 4 rings (SSSR count). The second-order valence-electron chi connectivity index (χ2n) is 10.3. The summed E-state index contributed by atoms with van der Waals surface area (Å²) in [7, 11) is 1.65. The number of hydrogen-bond donors (Lipinski definition) is 2. The molecule has 0 unspecified atom stereocenters. The van der Waals surface area contributed by atoms with Gasteiger partial charge in [-0.15, -0.1) is 0 Å². The number of nitrogens with one attached hydrogen (secondary N) is 1. The maximum absolute atomic E-state index is 13.0. The number of aromatic nitrogens is 3. The van der Waals surface area contributed by atoms with Crippen molar-refractivity contribution in [3.8, 4) is 11.3 Å². The highest BCUT2D eigenvalue weighted by molar-refractivity contribution is 6.05. The first-order chi connectivity index (χ1) is 17.9. The van der Waals surface area contributed by atoms with E-state index < -0.39 is 5.97 Å². The van der Waals surface area contributed by atoms with E-state index in [1.54, 1.807) is 19.3 Å². The molecule has 8 nitrogen and oxygen atoms in total. The van der Waals surface area contributed by atoms with Crippen LogP contribution in [0.1, 0.15) is 64.0 Å². The lowest BCUT2D eigenvalue weighted by Crippen LogP contribution is -2.23. The van der Waals surface area contributed by atoms with E-state index in [2.05, 4.69) is 36.1 Å². The van der Waals surface area contributed by atoms with Crippen LogP contribution in [0.4, 0.5) is 5.69 Å². The monoisotopic (exact) mass is 510 g/mol. The van der Waals surface area contributed by atoms with Gasteiger partial charge in [-0.2, -0.15) is 0 Å². The van der Waals surface area contributed by atoms with E-state index in [-0.39, 0.29) is 34.6 Å². The molecule has 0 aliphatic heterocycles. The molecule has 2 aromatic carbocycles. The molecule has 2 aromatic heterocycles. The minimum absolute atomic E-state index is 0.000449. The maximum Gasteiger partial charge on any atom is 0.337 e. The van der Waals surface area contributed by atoms with E-state index in [1.165, 1.54) is 16.8 Å². The zero-order valence-corrected chi connectivity index (χ0v) is 22.1. The third kappa shape index (κ3) is 5.70. The molecule has 1 amide bonds. The van der Waals surface area contributed by atoms with E-state index >= 15 is 0 Å². The highest BCUT2D eigenvalue weighted by atomic mass is 16.4. The van der Waals surface area contributed by atoms with Crippen LogP contribution in [0.15, 0.2) is 71.8 Å². The number of rotatable bonds is 6. The smallest absolute Gasteiger partial charge is 0.337 e. The molecule has 2 N–H and O–H groups in total. The van der Waals surface area contributed by atoms with Crippen molar-refractivity contribution in [1.82, 2.24) is 14.5 Å². The molecule has 0 atom stereocenters. The van der Waals surface area contributed by atoms with Gasteiger partial charge in [0.25, 0.3) is 11.5 Å². The van der Waals surface area contributed by atoms with Crippen molar-refractivity contribution >= 4 is 17.6 Å². The van der Waals surface area contributed by atoms with Crippen LogP contribution in [0.25, 0.3) is 11.3 Å². The number of pyridine rings is 1. The largest absolute Gasteiger partial charge is 0.478 e. The molecule has 0 saturated heterocycles. The summed E-state index contributed by atoms with van der Waals surface area (Å²) in [5.74, 6) is -1.28. The van der Waals surface area contributed by atoms with Gasteiger partial charge in [0.1, 0.15) is 5.69 Å². The van der Waals surface area contributed by atoms with Gasteiger partial charge in [-0.25, -0.2) is 9.78 Å². The molecule has 0 radical (unpaired) electrons. The average molecular weight is 511 g/mol. The van der Waals surface area contributed by atoms with E-state index in [1.807, 2.05) is 49.4 Å². The molecule has 0 bridgehead atoms. The molecule has 0 aliphatic rings. The number of hydrogen-bond acceptors (Lipinski definition) is 5. The van der Waals surface area contributed by atoms with Gasteiger partial charge in [-0.3, -0.25) is 14.6 Å². The standard InChI is InChI=1S/C30H30N4O4/c1-18-23(7-6-8-24(18)33-27(35)19-9-12-21(13-10-19)30(2,3)4)26-17-34(5)28(36)25(32-26)15-22-14-11-20(16-31-22)29(37)38/h6-14,16-17H,15H2,1-5H3,(H,33,35)(H,37,38).